The molecule has 0 bridgehead atoms. The molecule has 106 valence electrons. The van der Waals surface area contributed by atoms with E-state index in [1.165, 1.54) is 6.07 Å². The lowest BCUT2D eigenvalue weighted by Gasteiger charge is -2.35. The lowest BCUT2D eigenvalue weighted by atomic mass is 10.1. The van der Waals surface area contributed by atoms with Crippen molar-refractivity contribution in [2.45, 2.75) is 19.2 Å². The number of nitrogens with zero attached hydrogens (tertiary/aromatic N) is 2. The van der Waals surface area contributed by atoms with Crippen LogP contribution in [0.15, 0.2) is 18.2 Å². The molecule has 1 saturated heterocycles. The highest BCUT2D eigenvalue weighted by Gasteiger charge is 2.19. The summed E-state index contributed by atoms with van der Waals surface area (Å²) in [4.78, 5) is 4.84. The molecule has 0 aromatic heterocycles. The van der Waals surface area contributed by atoms with Gasteiger partial charge in [0.15, 0.2) is 0 Å². The van der Waals surface area contributed by atoms with Gasteiger partial charge in [-0.3, -0.25) is 4.90 Å². The molecule has 1 atom stereocenters. The fourth-order valence-corrected chi connectivity index (χ4v) is 2.81. The quantitative estimate of drug-likeness (QED) is 0.784. The van der Waals surface area contributed by atoms with Crippen molar-refractivity contribution in [2.75, 3.05) is 39.3 Å². The van der Waals surface area contributed by atoms with Crippen LogP contribution in [0.4, 0.5) is 4.39 Å². The van der Waals surface area contributed by atoms with Gasteiger partial charge in [0.2, 0.25) is 0 Å². The summed E-state index contributed by atoms with van der Waals surface area (Å²) >= 11 is 6.46. The van der Waals surface area contributed by atoms with Crippen molar-refractivity contribution in [2.24, 2.45) is 0 Å². The zero-order valence-corrected chi connectivity index (χ0v) is 12.5. The highest BCUT2D eigenvalue weighted by atomic mass is 35.5. The van der Waals surface area contributed by atoms with Crippen LogP contribution in [-0.4, -0.2) is 49.1 Å². The fourth-order valence-electron chi connectivity index (χ4n) is 2.48. The molecule has 0 saturated carbocycles. The molecule has 1 aromatic carbocycles. The number of alkyl halides is 1. The lowest BCUT2D eigenvalue weighted by Crippen LogP contribution is -2.46. The van der Waals surface area contributed by atoms with Gasteiger partial charge in [-0.15, -0.1) is 11.6 Å². The summed E-state index contributed by atoms with van der Waals surface area (Å²) in [6.07, 6.45) is 0. The SMILES string of the molecule is CCN1CCN(CC(Cl)c2ccc(F)c(C)c2)CC1. The predicted molar refractivity (Wildman–Crippen MR) is 78.3 cm³/mol. The molecule has 19 heavy (non-hydrogen) atoms. The number of hydrogen-bond acceptors (Lipinski definition) is 2. The van der Waals surface area contributed by atoms with Crippen molar-refractivity contribution in [3.8, 4) is 0 Å². The molecule has 1 heterocycles. The highest BCUT2D eigenvalue weighted by molar-refractivity contribution is 6.21. The van der Waals surface area contributed by atoms with E-state index in [0.29, 0.717) is 5.56 Å². The van der Waals surface area contributed by atoms with Gasteiger partial charge in [-0.2, -0.15) is 0 Å². The Morgan fingerprint density at radius 2 is 1.84 bits per heavy atom. The van der Waals surface area contributed by atoms with E-state index in [9.17, 15) is 4.39 Å². The molecule has 1 aliphatic heterocycles. The zero-order valence-electron chi connectivity index (χ0n) is 11.7. The summed E-state index contributed by atoms with van der Waals surface area (Å²) in [7, 11) is 0. The summed E-state index contributed by atoms with van der Waals surface area (Å²) in [5.41, 5.74) is 1.68. The Kier molecular flexibility index (Phi) is 5.20. The third kappa shape index (κ3) is 3.91. The topological polar surface area (TPSA) is 6.48 Å². The van der Waals surface area contributed by atoms with Crippen LogP contribution in [-0.2, 0) is 0 Å². The molecule has 1 fully saturated rings. The average molecular weight is 285 g/mol. The summed E-state index contributed by atoms with van der Waals surface area (Å²) in [5, 5.41) is -0.0625. The summed E-state index contributed by atoms with van der Waals surface area (Å²) < 4.78 is 13.2. The minimum absolute atomic E-state index is 0.0625. The Bertz CT molecular complexity index is 417. The van der Waals surface area contributed by atoms with Gasteiger partial charge in [-0.25, -0.2) is 4.39 Å². The first-order chi connectivity index (χ1) is 9.10. The monoisotopic (exact) mass is 284 g/mol. The lowest BCUT2D eigenvalue weighted by molar-refractivity contribution is 0.137. The van der Waals surface area contributed by atoms with Gasteiger partial charge in [0.1, 0.15) is 5.82 Å². The van der Waals surface area contributed by atoms with E-state index in [1.54, 1.807) is 13.0 Å². The van der Waals surface area contributed by atoms with Crippen molar-refractivity contribution in [3.63, 3.8) is 0 Å². The van der Waals surface area contributed by atoms with Crippen molar-refractivity contribution in [1.29, 1.82) is 0 Å². The Labute approximate surface area is 120 Å². The summed E-state index contributed by atoms with van der Waals surface area (Å²) in [5.74, 6) is -0.163. The third-order valence-electron chi connectivity index (χ3n) is 3.87. The second-order valence-corrected chi connectivity index (χ2v) is 5.74. The molecule has 0 amide bonds. The number of likely N-dealkylation sites (N-methyl/N-ethyl adjacent to an activating group) is 1. The zero-order chi connectivity index (χ0) is 13.8. The number of hydrogen-bond donors (Lipinski definition) is 0. The Morgan fingerprint density at radius 3 is 2.42 bits per heavy atom. The van der Waals surface area contributed by atoms with Gasteiger partial charge in [0.25, 0.3) is 0 Å². The normalized spacial score (nSPS) is 19.6. The van der Waals surface area contributed by atoms with E-state index in [2.05, 4.69) is 16.7 Å². The number of rotatable bonds is 4. The average Bonchev–Trinajstić information content (AvgIpc) is 2.42. The standard InChI is InChI=1S/C15H22ClFN2/c1-3-18-6-8-19(9-7-18)11-14(16)13-4-5-15(17)12(2)10-13/h4-5,10,14H,3,6-9,11H2,1-2H3. The second kappa shape index (κ2) is 6.69. The molecular formula is C15H22ClFN2. The minimum Gasteiger partial charge on any atom is -0.301 e. The molecule has 0 N–H and O–H groups in total. The van der Waals surface area contributed by atoms with Crippen LogP contribution in [0.1, 0.15) is 23.4 Å². The van der Waals surface area contributed by atoms with E-state index in [-0.39, 0.29) is 11.2 Å². The first-order valence-corrected chi connectivity index (χ1v) is 7.38. The predicted octanol–water partition coefficient (Wildman–Crippen LogP) is 3.05. The van der Waals surface area contributed by atoms with Crippen LogP contribution in [0.2, 0.25) is 0 Å². The van der Waals surface area contributed by atoms with Crippen LogP contribution in [0.5, 0.6) is 0 Å². The molecule has 0 radical (unpaired) electrons. The Hall–Kier alpha value is -0.640. The molecule has 1 aromatic rings. The van der Waals surface area contributed by atoms with E-state index >= 15 is 0 Å². The molecule has 4 heteroatoms. The maximum atomic E-state index is 13.2. The number of halogens is 2. The van der Waals surface area contributed by atoms with E-state index < -0.39 is 0 Å². The van der Waals surface area contributed by atoms with Crippen molar-refractivity contribution >= 4 is 11.6 Å². The van der Waals surface area contributed by atoms with Gasteiger partial charge in [0, 0.05) is 32.7 Å². The van der Waals surface area contributed by atoms with Gasteiger partial charge in [0.05, 0.1) is 5.38 Å². The minimum atomic E-state index is -0.163. The number of aryl methyl sites for hydroxylation is 1. The highest BCUT2D eigenvalue weighted by Crippen LogP contribution is 2.24. The molecular weight excluding hydrogens is 263 g/mol. The molecule has 1 aliphatic rings. The molecule has 1 unspecified atom stereocenters. The maximum Gasteiger partial charge on any atom is 0.126 e. The summed E-state index contributed by atoms with van der Waals surface area (Å²) in [6, 6.07) is 5.16. The fraction of sp³-hybridized carbons (Fsp3) is 0.600. The van der Waals surface area contributed by atoms with Crippen LogP contribution in [0.25, 0.3) is 0 Å². The third-order valence-corrected chi connectivity index (χ3v) is 4.26. The molecule has 2 rings (SSSR count). The second-order valence-electron chi connectivity index (χ2n) is 5.21. The Morgan fingerprint density at radius 1 is 1.21 bits per heavy atom. The van der Waals surface area contributed by atoms with Gasteiger partial charge < -0.3 is 4.90 Å². The maximum absolute atomic E-state index is 13.2. The first-order valence-electron chi connectivity index (χ1n) is 6.95. The smallest absolute Gasteiger partial charge is 0.126 e. The first kappa shape index (κ1) is 14.8. The molecule has 0 spiro atoms. The van der Waals surface area contributed by atoms with Gasteiger partial charge in [-0.1, -0.05) is 19.1 Å². The van der Waals surface area contributed by atoms with Gasteiger partial charge in [-0.05, 0) is 30.7 Å². The van der Waals surface area contributed by atoms with Crippen molar-refractivity contribution in [3.05, 3.63) is 35.1 Å². The largest absolute Gasteiger partial charge is 0.301 e. The van der Waals surface area contributed by atoms with Gasteiger partial charge >= 0.3 is 0 Å². The van der Waals surface area contributed by atoms with Crippen molar-refractivity contribution in [1.82, 2.24) is 9.80 Å². The van der Waals surface area contributed by atoms with E-state index in [1.807, 2.05) is 6.07 Å². The summed E-state index contributed by atoms with van der Waals surface area (Å²) in [6.45, 7) is 10.3. The molecule has 0 aliphatic carbocycles. The number of piperazine rings is 1. The van der Waals surface area contributed by atoms with Crippen molar-refractivity contribution < 1.29 is 4.39 Å². The van der Waals surface area contributed by atoms with Crippen LogP contribution in [0, 0.1) is 12.7 Å². The molecule has 2 nitrogen and oxygen atoms in total. The number of benzene rings is 1. The van der Waals surface area contributed by atoms with E-state index in [0.717, 1.165) is 44.8 Å². The van der Waals surface area contributed by atoms with E-state index in [4.69, 9.17) is 11.6 Å². The van der Waals surface area contributed by atoms with Crippen LogP contribution < -0.4 is 0 Å². The van der Waals surface area contributed by atoms with Crippen LogP contribution in [0.3, 0.4) is 0 Å². The Balaban J connectivity index is 1.90. The van der Waals surface area contributed by atoms with Crippen LogP contribution >= 0.6 is 11.6 Å².